The van der Waals surface area contributed by atoms with Gasteiger partial charge in [-0.05, 0) is 26.2 Å². The quantitative estimate of drug-likeness (QED) is 0.555. The maximum atomic E-state index is 12.3. The first-order valence-corrected chi connectivity index (χ1v) is 6.41. The molecule has 0 aliphatic carbocycles. The Labute approximate surface area is 117 Å². The summed E-state index contributed by atoms with van der Waals surface area (Å²) in [4.78, 5) is 18.6. The number of anilines is 1. The Bertz CT molecular complexity index is 612. The summed E-state index contributed by atoms with van der Waals surface area (Å²) in [5.74, 6) is 5.75. The molecule has 0 aliphatic heterocycles. The van der Waals surface area contributed by atoms with Gasteiger partial charge in [-0.1, -0.05) is 18.2 Å². The number of hydrogen-bond acceptors (Lipinski definition) is 5. The molecule has 106 valence electrons. The van der Waals surface area contributed by atoms with E-state index in [0.717, 1.165) is 17.4 Å². The van der Waals surface area contributed by atoms with Crippen LogP contribution in [-0.2, 0) is 0 Å². The van der Waals surface area contributed by atoms with Crippen molar-refractivity contribution in [3.05, 3.63) is 35.9 Å². The lowest BCUT2D eigenvalue weighted by atomic mass is 10.1. The molecule has 0 aliphatic rings. The van der Waals surface area contributed by atoms with Crippen LogP contribution in [0.5, 0.6) is 0 Å². The van der Waals surface area contributed by atoms with Gasteiger partial charge in [0.15, 0.2) is 0 Å². The maximum absolute atomic E-state index is 12.3. The number of amides is 1. The van der Waals surface area contributed by atoms with E-state index in [9.17, 15) is 4.79 Å². The third-order valence-electron chi connectivity index (χ3n) is 2.95. The number of pyridine rings is 1. The highest BCUT2D eigenvalue weighted by Gasteiger charge is 2.12. The van der Waals surface area contributed by atoms with Crippen LogP contribution in [-0.4, -0.2) is 43.0 Å². The maximum Gasteiger partial charge on any atom is 0.252 e. The zero-order chi connectivity index (χ0) is 14.5. The number of para-hydroxylation sites is 1. The molecule has 1 amide bonds. The van der Waals surface area contributed by atoms with E-state index in [2.05, 4.69) is 15.7 Å². The van der Waals surface area contributed by atoms with Gasteiger partial charge in [-0.15, -0.1) is 0 Å². The molecule has 0 saturated carbocycles. The molecule has 0 atom stereocenters. The number of nitrogen functional groups attached to an aromatic ring is 1. The summed E-state index contributed by atoms with van der Waals surface area (Å²) < 4.78 is 0. The standard InChI is InChI=1S/C14H19N5O/c1-19(2)8-7-16-14(20)11-9-13(18-15)17-12-6-4-3-5-10(11)12/h3-6,9H,7-8,15H2,1-2H3,(H,16,20)(H,17,18). The average Bonchev–Trinajstić information content (AvgIpc) is 2.45. The number of fused-ring (bicyclic) bond motifs is 1. The fourth-order valence-corrected chi connectivity index (χ4v) is 1.93. The van der Waals surface area contributed by atoms with E-state index in [0.29, 0.717) is 17.9 Å². The summed E-state index contributed by atoms with van der Waals surface area (Å²) in [6.45, 7) is 1.38. The number of hydrazine groups is 1. The van der Waals surface area contributed by atoms with Gasteiger partial charge in [0, 0.05) is 18.5 Å². The van der Waals surface area contributed by atoms with E-state index in [-0.39, 0.29) is 5.91 Å². The molecule has 0 spiro atoms. The molecule has 1 aromatic heterocycles. The SMILES string of the molecule is CN(C)CCNC(=O)c1cc(NN)nc2ccccc12. The van der Waals surface area contributed by atoms with Crippen molar-refractivity contribution in [1.82, 2.24) is 15.2 Å². The van der Waals surface area contributed by atoms with Crippen LogP contribution in [0.15, 0.2) is 30.3 Å². The Kier molecular flexibility index (Phi) is 4.49. The molecule has 0 radical (unpaired) electrons. The summed E-state index contributed by atoms with van der Waals surface area (Å²) in [5.41, 5.74) is 3.80. The van der Waals surface area contributed by atoms with Crippen molar-refractivity contribution in [2.45, 2.75) is 0 Å². The van der Waals surface area contributed by atoms with Gasteiger partial charge < -0.3 is 15.6 Å². The molecule has 0 bridgehead atoms. The fourth-order valence-electron chi connectivity index (χ4n) is 1.93. The van der Waals surface area contributed by atoms with Gasteiger partial charge in [-0.3, -0.25) is 4.79 Å². The van der Waals surface area contributed by atoms with Crippen LogP contribution in [0, 0.1) is 0 Å². The molecule has 0 saturated heterocycles. The minimum Gasteiger partial charge on any atom is -0.351 e. The first kappa shape index (κ1) is 14.2. The molecule has 6 heteroatoms. The van der Waals surface area contributed by atoms with Crippen LogP contribution in [0.4, 0.5) is 5.82 Å². The molecular formula is C14H19N5O. The Balaban J connectivity index is 2.29. The summed E-state index contributed by atoms with van der Waals surface area (Å²) in [6.07, 6.45) is 0. The second-order valence-electron chi connectivity index (χ2n) is 4.78. The number of rotatable bonds is 5. The summed E-state index contributed by atoms with van der Waals surface area (Å²) in [6, 6.07) is 9.16. The minimum atomic E-state index is -0.123. The number of aromatic nitrogens is 1. The van der Waals surface area contributed by atoms with Gasteiger partial charge in [-0.25, -0.2) is 10.8 Å². The Morgan fingerprint density at radius 2 is 2.10 bits per heavy atom. The van der Waals surface area contributed by atoms with E-state index in [1.165, 1.54) is 0 Å². The molecule has 2 rings (SSSR count). The number of carbonyl (C=O) groups is 1. The normalized spacial score (nSPS) is 10.8. The molecule has 4 N–H and O–H groups in total. The van der Waals surface area contributed by atoms with Crippen LogP contribution in [0.25, 0.3) is 10.9 Å². The third kappa shape index (κ3) is 3.23. The van der Waals surface area contributed by atoms with E-state index in [1.807, 2.05) is 43.3 Å². The molecule has 20 heavy (non-hydrogen) atoms. The van der Waals surface area contributed by atoms with Crippen LogP contribution < -0.4 is 16.6 Å². The summed E-state index contributed by atoms with van der Waals surface area (Å²) >= 11 is 0. The number of hydrogen-bond donors (Lipinski definition) is 3. The predicted molar refractivity (Wildman–Crippen MR) is 80.4 cm³/mol. The first-order valence-electron chi connectivity index (χ1n) is 6.41. The number of nitrogens with zero attached hydrogens (tertiary/aromatic N) is 2. The lowest BCUT2D eigenvalue weighted by molar-refractivity contribution is 0.0952. The van der Waals surface area contributed by atoms with Crippen molar-refractivity contribution >= 4 is 22.6 Å². The van der Waals surface area contributed by atoms with Gasteiger partial charge in [0.05, 0.1) is 11.1 Å². The molecule has 6 nitrogen and oxygen atoms in total. The lowest BCUT2D eigenvalue weighted by Gasteiger charge is -2.12. The minimum absolute atomic E-state index is 0.123. The Hall–Kier alpha value is -2.18. The van der Waals surface area contributed by atoms with Crippen molar-refractivity contribution < 1.29 is 4.79 Å². The summed E-state index contributed by atoms with van der Waals surface area (Å²) in [7, 11) is 3.93. The molecule has 2 aromatic rings. The second-order valence-corrected chi connectivity index (χ2v) is 4.78. The second kappa shape index (κ2) is 6.31. The summed E-state index contributed by atoms with van der Waals surface area (Å²) in [5, 5.41) is 3.71. The molecule has 1 heterocycles. The fraction of sp³-hybridized carbons (Fsp3) is 0.286. The zero-order valence-electron chi connectivity index (χ0n) is 11.7. The Morgan fingerprint density at radius 1 is 1.35 bits per heavy atom. The molecule has 0 unspecified atom stereocenters. The van der Waals surface area contributed by atoms with Gasteiger partial charge >= 0.3 is 0 Å². The monoisotopic (exact) mass is 273 g/mol. The average molecular weight is 273 g/mol. The molecular weight excluding hydrogens is 254 g/mol. The van der Waals surface area contributed by atoms with Crippen molar-refractivity contribution in [3.63, 3.8) is 0 Å². The van der Waals surface area contributed by atoms with E-state index >= 15 is 0 Å². The highest BCUT2D eigenvalue weighted by molar-refractivity contribution is 6.06. The van der Waals surface area contributed by atoms with Crippen molar-refractivity contribution in [1.29, 1.82) is 0 Å². The lowest BCUT2D eigenvalue weighted by Crippen LogP contribution is -2.31. The van der Waals surface area contributed by atoms with Crippen LogP contribution in [0.3, 0.4) is 0 Å². The van der Waals surface area contributed by atoms with E-state index in [1.54, 1.807) is 6.07 Å². The van der Waals surface area contributed by atoms with Crippen molar-refractivity contribution in [2.75, 3.05) is 32.6 Å². The van der Waals surface area contributed by atoms with Crippen molar-refractivity contribution in [3.8, 4) is 0 Å². The van der Waals surface area contributed by atoms with Gasteiger partial charge in [0.25, 0.3) is 5.91 Å². The van der Waals surface area contributed by atoms with E-state index < -0.39 is 0 Å². The van der Waals surface area contributed by atoms with Gasteiger partial charge in [0.2, 0.25) is 0 Å². The van der Waals surface area contributed by atoms with Gasteiger partial charge in [-0.2, -0.15) is 0 Å². The predicted octanol–water partition coefficient (Wildman–Crippen LogP) is 0.812. The van der Waals surface area contributed by atoms with Crippen molar-refractivity contribution in [2.24, 2.45) is 5.84 Å². The number of benzene rings is 1. The topological polar surface area (TPSA) is 83.3 Å². The first-order chi connectivity index (χ1) is 9.61. The third-order valence-corrected chi connectivity index (χ3v) is 2.95. The highest BCUT2D eigenvalue weighted by Crippen LogP contribution is 2.20. The molecule has 1 aromatic carbocycles. The number of nitrogens with one attached hydrogen (secondary N) is 2. The van der Waals surface area contributed by atoms with E-state index in [4.69, 9.17) is 5.84 Å². The molecule has 0 fully saturated rings. The van der Waals surface area contributed by atoms with Crippen LogP contribution in [0.2, 0.25) is 0 Å². The highest BCUT2D eigenvalue weighted by atomic mass is 16.1. The number of carbonyl (C=O) groups excluding carboxylic acids is 1. The van der Waals surface area contributed by atoms with Gasteiger partial charge in [0.1, 0.15) is 5.82 Å². The Morgan fingerprint density at radius 3 is 2.80 bits per heavy atom. The number of nitrogens with two attached hydrogens (primary N) is 1. The zero-order valence-corrected chi connectivity index (χ0v) is 11.7. The largest absolute Gasteiger partial charge is 0.351 e. The van der Waals surface area contributed by atoms with Crippen LogP contribution in [0.1, 0.15) is 10.4 Å². The van der Waals surface area contributed by atoms with Crippen LogP contribution >= 0.6 is 0 Å². The smallest absolute Gasteiger partial charge is 0.252 e. The number of likely N-dealkylation sites (N-methyl/N-ethyl adjacent to an activating group) is 1.